The van der Waals surface area contributed by atoms with Crippen LogP contribution in [0.5, 0.6) is 0 Å². The minimum Gasteiger partial charge on any atom is -0.368 e. The summed E-state index contributed by atoms with van der Waals surface area (Å²) in [7, 11) is 2.09. The summed E-state index contributed by atoms with van der Waals surface area (Å²) in [5.41, 5.74) is 3.62. The fraction of sp³-hybridized carbons (Fsp3) is 0.486. The predicted molar refractivity (Wildman–Crippen MR) is 173 cm³/mol. The summed E-state index contributed by atoms with van der Waals surface area (Å²) in [5.74, 6) is 0.692. The van der Waals surface area contributed by atoms with Gasteiger partial charge in [0.1, 0.15) is 6.04 Å². The van der Waals surface area contributed by atoms with Crippen molar-refractivity contribution in [2.45, 2.75) is 44.3 Å². The van der Waals surface area contributed by atoms with E-state index in [0.29, 0.717) is 42.8 Å². The van der Waals surface area contributed by atoms with Crippen molar-refractivity contribution in [1.29, 1.82) is 0 Å². The van der Waals surface area contributed by atoms with Gasteiger partial charge < -0.3 is 20.0 Å². The van der Waals surface area contributed by atoms with Gasteiger partial charge in [0, 0.05) is 74.8 Å². The van der Waals surface area contributed by atoms with Crippen molar-refractivity contribution in [3.8, 4) is 0 Å². The maximum Gasteiger partial charge on any atom is 0.245 e. The molecule has 2 aromatic carbocycles. The SMILES string of the molecule is CN1CC2C=CC=CC2C1CC(=O)N[C@H](Cc1ccc(Cl)cc1)C(=O)N1CCN(c2ccccc2CN2CCCC2)CC1. The van der Waals surface area contributed by atoms with Gasteiger partial charge in [-0.1, -0.05) is 66.2 Å². The lowest BCUT2D eigenvalue weighted by Crippen LogP contribution is -2.56. The van der Waals surface area contributed by atoms with Gasteiger partial charge in [0.2, 0.25) is 11.8 Å². The second-order valence-corrected chi connectivity index (χ2v) is 13.0. The van der Waals surface area contributed by atoms with Gasteiger partial charge in [0.05, 0.1) is 0 Å². The maximum atomic E-state index is 14.0. The van der Waals surface area contributed by atoms with E-state index >= 15 is 0 Å². The molecule has 3 unspecified atom stereocenters. The van der Waals surface area contributed by atoms with Gasteiger partial charge in [-0.3, -0.25) is 14.5 Å². The Labute approximate surface area is 261 Å². The molecule has 3 heterocycles. The number of benzene rings is 2. The van der Waals surface area contributed by atoms with Crippen LogP contribution in [0.15, 0.2) is 72.8 Å². The normalized spacial score (nSPS) is 24.7. The van der Waals surface area contributed by atoms with Crippen LogP contribution in [0.25, 0.3) is 0 Å². The summed E-state index contributed by atoms with van der Waals surface area (Å²) >= 11 is 6.14. The van der Waals surface area contributed by atoms with E-state index < -0.39 is 6.04 Å². The number of carbonyl (C=O) groups excluding carboxylic acids is 2. The molecule has 4 aliphatic rings. The van der Waals surface area contributed by atoms with Crippen LogP contribution < -0.4 is 10.2 Å². The van der Waals surface area contributed by atoms with E-state index in [-0.39, 0.29) is 17.9 Å². The molecule has 6 rings (SSSR count). The van der Waals surface area contributed by atoms with Crippen LogP contribution in [-0.2, 0) is 22.6 Å². The molecule has 3 aliphatic heterocycles. The van der Waals surface area contributed by atoms with Crippen LogP contribution in [0, 0.1) is 11.8 Å². The summed E-state index contributed by atoms with van der Waals surface area (Å²) in [4.78, 5) is 36.7. The smallest absolute Gasteiger partial charge is 0.245 e. The third kappa shape index (κ3) is 7.17. The lowest BCUT2D eigenvalue weighted by molar-refractivity contribution is -0.137. The average Bonchev–Trinajstić information content (AvgIpc) is 3.65. The lowest BCUT2D eigenvalue weighted by Gasteiger charge is -2.38. The second kappa shape index (κ2) is 13.7. The number of likely N-dealkylation sites (tertiary alicyclic amines) is 2. The van der Waals surface area contributed by atoms with Crippen molar-refractivity contribution < 1.29 is 9.59 Å². The fourth-order valence-corrected chi connectivity index (χ4v) is 7.47. The van der Waals surface area contributed by atoms with Crippen molar-refractivity contribution in [2.24, 2.45) is 11.8 Å². The zero-order valence-corrected chi connectivity index (χ0v) is 26.0. The van der Waals surface area contributed by atoms with Gasteiger partial charge in [0.25, 0.3) is 0 Å². The van der Waals surface area contributed by atoms with E-state index in [2.05, 4.69) is 75.6 Å². The second-order valence-electron chi connectivity index (χ2n) is 12.6. The van der Waals surface area contributed by atoms with Gasteiger partial charge in [-0.05, 0) is 68.2 Å². The zero-order chi connectivity index (χ0) is 29.8. The predicted octanol–water partition coefficient (Wildman–Crippen LogP) is 4.37. The van der Waals surface area contributed by atoms with Crippen LogP contribution in [0.1, 0.15) is 30.4 Å². The fourth-order valence-electron chi connectivity index (χ4n) is 7.34. The molecule has 228 valence electrons. The number of fused-ring (bicyclic) bond motifs is 1. The molecule has 1 aliphatic carbocycles. The number of allylic oxidation sites excluding steroid dienone is 2. The Hall–Kier alpha value is -3.13. The number of anilines is 1. The number of rotatable bonds is 9. The van der Waals surface area contributed by atoms with E-state index in [1.165, 1.54) is 37.2 Å². The first kappa shape index (κ1) is 29.9. The van der Waals surface area contributed by atoms with Crippen LogP contribution in [0.3, 0.4) is 0 Å². The van der Waals surface area contributed by atoms with Gasteiger partial charge in [-0.25, -0.2) is 0 Å². The highest BCUT2D eigenvalue weighted by Gasteiger charge is 2.39. The summed E-state index contributed by atoms with van der Waals surface area (Å²) < 4.78 is 0. The molecule has 3 saturated heterocycles. The highest BCUT2D eigenvalue weighted by molar-refractivity contribution is 6.30. The van der Waals surface area contributed by atoms with Crippen LogP contribution in [-0.4, -0.2) is 91.5 Å². The Balaban J connectivity index is 1.11. The molecular weight excluding hydrogens is 558 g/mol. The number of hydrogen-bond donors (Lipinski definition) is 1. The first-order chi connectivity index (χ1) is 20.9. The van der Waals surface area contributed by atoms with Crippen molar-refractivity contribution in [3.05, 3.63) is 89.0 Å². The van der Waals surface area contributed by atoms with E-state index in [4.69, 9.17) is 11.6 Å². The number of amides is 2. The quantitative estimate of drug-likeness (QED) is 0.463. The molecule has 0 saturated carbocycles. The molecule has 7 nitrogen and oxygen atoms in total. The Morgan fingerprint density at radius 3 is 2.42 bits per heavy atom. The highest BCUT2D eigenvalue weighted by atomic mass is 35.5. The largest absolute Gasteiger partial charge is 0.368 e. The van der Waals surface area contributed by atoms with Gasteiger partial charge in [-0.2, -0.15) is 0 Å². The Kier molecular flexibility index (Phi) is 9.51. The Morgan fingerprint density at radius 2 is 1.65 bits per heavy atom. The number of hydrogen-bond acceptors (Lipinski definition) is 5. The number of para-hydroxylation sites is 1. The number of nitrogens with one attached hydrogen (secondary N) is 1. The number of carbonyl (C=O) groups is 2. The highest BCUT2D eigenvalue weighted by Crippen LogP contribution is 2.35. The van der Waals surface area contributed by atoms with Crippen molar-refractivity contribution in [2.75, 3.05) is 57.8 Å². The minimum atomic E-state index is -0.619. The summed E-state index contributed by atoms with van der Waals surface area (Å²) in [6, 6.07) is 15.8. The molecule has 4 atom stereocenters. The molecule has 1 N–H and O–H groups in total. The first-order valence-corrected chi connectivity index (χ1v) is 16.3. The Morgan fingerprint density at radius 1 is 0.930 bits per heavy atom. The summed E-state index contributed by atoms with van der Waals surface area (Å²) in [6.45, 7) is 7.09. The molecule has 0 bridgehead atoms. The van der Waals surface area contributed by atoms with E-state index in [0.717, 1.165) is 31.7 Å². The van der Waals surface area contributed by atoms with E-state index in [1.807, 2.05) is 29.2 Å². The first-order valence-electron chi connectivity index (χ1n) is 15.9. The summed E-state index contributed by atoms with van der Waals surface area (Å²) in [6.07, 6.45) is 12.0. The van der Waals surface area contributed by atoms with Gasteiger partial charge in [-0.15, -0.1) is 0 Å². The van der Waals surface area contributed by atoms with Crippen molar-refractivity contribution >= 4 is 29.1 Å². The lowest BCUT2D eigenvalue weighted by atomic mass is 9.86. The molecule has 8 heteroatoms. The van der Waals surface area contributed by atoms with Crippen molar-refractivity contribution in [1.82, 2.24) is 20.0 Å². The van der Waals surface area contributed by atoms with Crippen LogP contribution >= 0.6 is 11.6 Å². The molecule has 3 fully saturated rings. The standard InChI is InChI=1S/C35H44ClN5O2/c1-38-24-27-8-2-4-10-30(27)33(38)23-34(42)37-31(22-26-12-14-29(36)15-13-26)35(43)41-20-18-40(19-21-41)32-11-5-3-9-28(32)25-39-16-6-7-17-39/h2-5,8-15,27,30-31,33H,6-7,16-25H2,1H3,(H,37,42)/t27?,30?,31-,33?/m1/s1. The minimum absolute atomic E-state index is 0.00792. The Bertz CT molecular complexity index is 1330. The number of nitrogens with zero attached hydrogens (tertiary/aromatic N) is 4. The van der Waals surface area contributed by atoms with Gasteiger partial charge in [0.15, 0.2) is 0 Å². The van der Waals surface area contributed by atoms with Crippen molar-refractivity contribution in [3.63, 3.8) is 0 Å². The maximum absolute atomic E-state index is 14.0. The topological polar surface area (TPSA) is 59.1 Å². The van der Waals surface area contributed by atoms with E-state index in [1.54, 1.807) is 0 Å². The molecular formula is C35H44ClN5O2. The van der Waals surface area contributed by atoms with E-state index in [9.17, 15) is 9.59 Å². The third-order valence-electron chi connectivity index (χ3n) is 9.70. The average molecular weight is 602 g/mol. The third-order valence-corrected chi connectivity index (χ3v) is 9.96. The van der Waals surface area contributed by atoms with Crippen LogP contribution in [0.4, 0.5) is 5.69 Å². The molecule has 0 aromatic heterocycles. The van der Waals surface area contributed by atoms with Gasteiger partial charge >= 0.3 is 0 Å². The van der Waals surface area contributed by atoms with Crippen LogP contribution in [0.2, 0.25) is 5.02 Å². The molecule has 0 radical (unpaired) electrons. The molecule has 2 amide bonds. The molecule has 0 spiro atoms. The summed E-state index contributed by atoms with van der Waals surface area (Å²) in [5, 5.41) is 3.82. The number of halogens is 1. The molecule has 43 heavy (non-hydrogen) atoms. The monoisotopic (exact) mass is 601 g/mol. The zero-order valence-electron chi connectivity index (χ0n) is 25.2. The number of piperazine rings is 1. The molecule has 2 aromatic rings.